The Morgan fingerprint density at radius 3 is 3.11 bits per heavy atom. The number of nitrogens with zero attached hydrogens (tertiary/aromatic N) is 3. The lowest BCUT2D eigenvalue weighted by atomic mass is 10.2. The monoisotopic (exact) mass is 405 g/mol. The van der Waals surface area contributed by atoms with E-state index in [4.69, 9.17) is 11.6 Å². The van der Waals surface area contributed by atoms with Crippen LogP contribution in [-0.4, -0.2) is 31.8 Å². The van der Waals surface area contributed by atoms with Gasteiger partial charge in [0.25, 0.3) is 0 Å². The van der Waals surface area contributed by atoms with Crippen LogP contribution in [0.5, 0.6) is 0 Å². The van der Waals surface area contributed by atoms with Gasteiger partial charge in [0, 0.05) is 29.3 Å². The summed E-state index contributed by atoms with van der Waals surface area (Å²) in [6, 6.07) is 5.35. The first-order chi connectivity index (χ1) is 13.1. The average Bonchev–Trinajstić information content (AvgIpc) is 2.87. The Morgan fingerprint density at radius 1 is 1.33 bits per heavy atom. The number of nitrogens with one attached hydrogen (secondary N) is 2. The van der Waals surface area contributed by atoms with Crippen molar-refractivity contribution in [1.82, 2.24) is 20.1 Å². The Morgan fingerprint density at radius 2 is 2.22 bits per heavy atom. The molecule has 0 radical (unpaired) electrons. The van der Waals surface area contributed by atoms with Gasteiger partial charge < -0.3 is 15.2 Å². The van der Waals surface area contributed by atoms with Crippen LogP contribution in [0.25, 0.3) is 0 Å². The van der Waals surface area contributed by atoms with E-state index in [9.17, 15) is 9.59 Å². The summed E-state index contributed by atoms with van der Waals surface area (Å²) in [5, 5.41) is 14.3. The molecule has 2 aliphatic rings. The molecule has 3 heterocycles. The van der Waals surface area contributed by atoms with Crippen LogP contribution in [0, 0.1) is 0 Å². The van der Waals surface area contributed by atoms with Crippen LogP contribution in [0.4, 0.5) is 5.69 Å². The highest BCUT2D eigenvalue weighted by Crippen LogP contribution is 2.38. The molecule has 2 N–H and O–H groups in total. The number of hydrogen-bond acceptors (Lipinski definition) is 5. The lowest BCUT2D eigenvalue weighted by Crippen LogP contribution is -2.35. The first kappa shape index (κ1) is 18.3. The Labute approximate surface area is 166 Å². The van der Waals surface area contributed by atoms with Crippen molar-refractivity contribution in [3.8, 4) is 0 Å². The number of anilines is 1. The fourth-order valence-electron chi connectivity index (χ4n) is 3.35. The van der Waals surface area contributed by atoms with Crippen LogP contribution in [0.1, 0.15) is 37.3 Å². The van der Waals surface area contributed by atoms with Crippen LogP contribution in [0.15, 0.2) is 23.1 Å². The van der Waals surface area contributed by atoms with Crippen molar-refractivity contribution in [2.24, 2.45) is 0 Å². The molecule has 4 rings (SSSR count). The van der Waals surface area contributed by atoms with E-state index in [0.29, 0.717) is 17.3 Å². The quantitative estimate of drug-likeness (QED) is 0.816. The van der Waals surface area contributed by atoms with E-state index in [2.05, 4.69) is 25.4 Å². The van der Waals surface area contributed by atoms with Gasteiger partial charge >= 0.3 is 0 Å². The summed E-state index contributed by atoms with van der Waals surface area (Å²) in [6.45, 7) is 1.23. The van der Waals surface area contributed by atoms with Gasteiger partial charge in [-0.15, -0.1) is 22.0 Å². The molecule has 1 aromatic heterocycles. The summed E-state index contributed by atoms with van der Waals surface area (Å²) in [6.07, 6.45) is 4.47. The average molecular weight is 406 g/mol. The number of halogens is 1. The largest absolute Gasteiger partial charge is 0.349 e. The van der Waals surface area contributed by atoms with Gasteiger partial charge in [0.15, 0.2) is 5.82 Å². The topological polar surface area (TPSA) is 88.9 Å². The highest BCUT2D eigenvalue weighted by atomic mass is 35.5. The maximum atomic E-state index is 12.4. The summed E-state index contributed by atoms with van der Waals surface area (Å²) < 4.78 is 2.11. The lowest BCUT2D eigenvalue weighted by Gasteiger charge is -2.23. The van der Waals surface area contributed by atoms with Gasteiger partial charge in [0.05, 0.1) is 17.5 Å². The minimum Gasteiger partial charge on any atom is -0.349 e. The summed E-state index contributed by atoms with van der Waals surface area (Å²) in [5.74, 6) is 1.42. The van der Waals surface area contributed by atoms with Crippen molar-refractivity contribution in [2.75, 3.05) is 5.32 Å². The molecule has 9 heteroatoms. The van der Waals surface area contributed by atoms with E-state index >= 15 is 0 Å². The number of aromatic nitrogens is 3. The third-order valence-electron chi connectivity index (χ3n) is 4.76. The lowest BCUT2D eigenvalue weighted by molar-refractivity contribution is -0.124. The van der Waals surface area contributed by atoms with Crippen molar-refractivity contribution < 1.29 is 9.59 Å². The number of rotatable bonds is 4. The zero-order valence-corrected chi connectivity index (χ0v) is 16.3. The van der Waals surface area contributed by atoms with Gasteiger partial charge in [-0.05, 0) is 31.0 Å². The molecule has 0 aliphatic carbocycles. The minimum absolute atomic E-state index is 0.111. The number of amides is 2. The van der Waals surface area contributed by atoms with Gasteiger partial charge in [-0.1, -0.05) is 18.0 Å². The van der Waals surface area contributed by atoms with Gasteiger partial charge in [0.1, 0.15) is 5.82 Å². The number of thioether (sulfide) groups is 1. The van der Waals surface area contributed by atoms with Crippen molar-refractivity contribution >= 4 is 40.9 Å². The summed E-state index contributed by atoms with van der Waals surface area (Å²) >= 11 is 7.34. The summed E-state index contributed by atoms with van der Waals surface area (Å²) in [5.41, 5.74) is 0.695. The predicted octanol–water partition coefficient (Wildman–Crippen LogP) is 2.78. The molecule has 27 heavy (non-hydrogen) atoms. The molecule has 2 amide bonds. The Bertz CT molecular complexity index is 885. The van der Waals surface area contributed by atoms with E-state index in [1.807, 2.05) is 6.07 Å². The zero-order chi connectivity index (χ0) is 18.8. The number of carbonyl (C=O) groups excluding carboxylic acids is 2. The molecule has 1 atom stereocenters. The molecule has 0 saturated carbocycles. The zero-order valence-electron chi connectivity index (χ0n) is 14.7. The van der Waals surface area contributed by atoms with E-state index in [0.717, 1.165) is 42.4 Å². The number of carbonyl (C=O) groups is 2. The van der Waals surface area contributed by atoms with Crippen molar-refractivity contribution in [2.45, 2.75) is 55.3 Å². The summed E-state index contributed by atoms with van der Waals surface area (Å²) in [7, 11) is 0. The SMILES string of the molecule is O=C(CC1Sc2ccc(Cl)cc2NC1=O)NCc1nnc2n1CCCCC2. The van der Waals surface area contributed by atoms with Crippen molar-refractivity contribution in [3.05, 3.63) is 34.9 Å². The Hall–Kier alpha value is -2.06. The number of hydrogen-bond donors (Lipinski definition) is 2. The fourth-order valence-corrected chi connectivity index (χ4v) is 4.61. The molecular formula is C18H20ClN5O2S. The molecular weight excluding hydrogens is 386 g/mol. The number of aryl methyl sites for hydroxylation is 1. The molecule has 0 saturated heterocycles. The highest BCUT2D eigenvalue weighted by Gasteiger charge is 2.29. The second-order valence-electron chi connectivity index (χ2n) is 6.71. The molecule has 7 nitrogen and oxygen atoms in total. The van der Waals surface area contributed by atoms with E-state index in [-0.39, 0.29) is 18.2 Å². The second kappa shape index (κ2) is 7.90. The molecule has 142 valence electrons. The third-order valence-corrected chi connectivity index (χ3v) is 6.27. The normalized spacial score (nSPS) is 18.9. The standard InChI is InChI=1S/C18H20ClN5O2S/c19-11-5-6-13-12(8-11)21-18(26)14(27-13)9-17(25)20-10-16-23-22-15-4-2-1-3-7-24(15)16/h5-6,8,14H,1-4,7,9-10H2,(H,20,25)(H,21,26). The summed E-state index contributed by atoms with van der Waals surface area (Å²) in [4.78, 5) is 25.6. The number of fused-ring (bicyclic) bond motifs is 2. The third kappa shape index (κ3) is 4.11. The minimum atomic E-state index is -0.464. The van der Waals surface area contributed by atoms with Crippen molar-refractivity contribution in [1.29, 1.82) is 0 Å². The Balaban J connectivity index is 1.35. The van der Waals surface area contributed by atoms with E-state index in [1.54, 1.807) is 12.1 Å². The first-order valence-electron chi connectivity index (χ1n) is 9.05. The van der Waals surface area contributed by atoms with E-state index in [1.165, 1.54) is 18.2 Å². The highest BCUT2D eigenvalue weighted by molar-refractivity contribution is 8.01. The van der Waals surface area contributed by atoms with Gasteiger partial charge in [-0.3, -0.25) is 9.59 Å². The molecule has 2 aromatic rings. The van der Waals surface area contributed by atoms with Crippen LogP contribution < -0.4 is 10.6 Å². The maximum Gasteiger partial charge on any atom is 0.238 e. The van der Waals surface area contributed by atoms with Gasteiger partial charge in [0.2, 0.25) is 11.8 Å². The van der Waals surface area contributed by atoms with E-state index < -0.39 is 5.25 Å². The molecule has 1 unspecified atom stereocenters. The fraction of sp³-hybridized carbons (Fsp3) is 0.444. The smallest absolute Gasteiger partial charge is 0.238 e. The van der Waals surface area contributed by atoms with Crippen LogP contribution in [-0.2, 0) is 29.1 Å². The molecule has 2 aliphatic heterocycles. The molecule has 0 bridgehead atoms. The maximum absolute atomic E-state index is 12.4. The van der Waals surface area contributed by atoms with Gasteiger partial charge in [-0.25, -0.2) is 0 Å². The molecule has 0 spiro atoms. The second-order valence-corrected chi connectivity index (χ2v) is 8.39. The van der Waals surface area contributed by atoms with Crippen LogP contribution >= 0.6 is 23.4 Å². The first-order valence-corrected chi connectivity index (χ1v) is 10.3. The van der Waals surface area contributed by atoms with Crippen LogP contribution in [0.3, 0.4) is 0 Å². The molecule has 0 fully saturated rings. The molecule has 1 aromatic carbocycles. The van der Waals surface area contributed by atoms with Crippen molar-refractivity contribution in [3.63, 3.8) is 0 Å². The van der Waals surface area contributed by atoms with Crippen LogP contribution in [0.2, 0.25) is 5.02 Å². The number of benzene rings is 1. The predicted molar refractivity (Wildman–Crippen MR) is 104 cm³/mol. The van der Waals surface area contributed by atoms with Gasteiger partial charge in [-0.2, -0.15) is 0 Å². The Kier molecular flexibility index (Phi) is 5.36.